The average Bonchev–Trinajstić information content (AvgIpc) is 2.62. The Morgan fingerprint density at radius 2 is 1.96 bits per heavy atom. The summed E-state index contributed by atoms with van der Waals surface area (Å²) in [5, 5.41) is 3.80. The van der Waals surface area contributed by atoms with Gasteiger partial charge in [-0.1, -0.05) is 24.3 Å². The van der Waals surface area contributed by atoms with Gasteiger partial charge in [0.25, 0.3) is 0 Å². The van der Waals surface area contributed by atoms with Crippen LogP contribution in [0.25, 0.3) is 0 Å². The number of benzene rings is 2. The molecule has 0 saturated heterocycles. The summed E-state index contributed by atoms with van der Waals surface area (Å²) >= 11 is 0. The van der Waals surface area contributed by atoms with E-state index in [0.29, 0.717) is 24.7 Å². The van der Waals surface area contributed by atoms with Gasteiger partial charge in [-0.2, -0.15) is 5.10 Å². The molecule has 0 saturated carbocycles. The second-order valence-corrected chi connectivity index (χ2v) is 5.22. The fraction of sp³-hybridized carbons (Fsp3) is 0.263. The first-order valence-electron chi connectivity index (χ1n) is 7.95. The van der Waals surface area contributed by atoms with Crippen molar-refractivity contribution in [2.24, 2.45) is 5.10 Å². The van der Waals surface area contributed by atoms with Crippen LogP contribution in [-0.4, -0.2) is 26.0 Å². The van der Waals surface area contributed by atoms with Gasteiger partial charge in [-0.15, -0.1) is 0 Å². The summed E-state index contributed by atoms with van der Waals surface area (Å²) in [6.45, 7) is 4.94. The van der Waals surface area contributed by atoms with E-state index in [4.69, 9.17) is 9.47 Å². The number of nitrogens with zero attached hydrogens (tertiary/aromatic N) is 1. The number of amides is 1. The van der Waals surface area contributed by atoms with Crippen molar-refractivity contribution in [2.45, 2.75) is 20.5 Å². The molecule has 0 aromatic heterocycles. The molecule has 0 bridgehead atoms. The lowest BCUT2D eigenvalue weighted by atomic mass is 10.1. The molecule has 1 amide bonds. The Morgan fingerprint density at radius 3 is 2.68 bits per heavy atom. The molecule has 0 radical (unpaired) electrons. The SMILES string of the molecule is CCOc1cc(/C=N/NC(=O)OC)ccc1OCc1ccccc1C. The average molecular weight is 342 g/mol. The zero-order valence-electron chi connectivity index (χ0n) is 14.6. The Balaban J connectivity index is 2.10. The molecule has 1 N–H and O–H groups in total. The fourth-order valence-corrected chi connectivity index (χ4v) is 2.13. The van der Waals surface area contributed by atoms with Crippen LogP contribution < -0.4 is 14.9 Å². The first kappa shape index (κ1) is 18.3. The largest absolute Gasteiger partial charge is 0.490 e. The van der Waals surface area contributed by atoms with Crippen LogP contribution in [0.15, 0.2) is 47.6 Å². The van der Waals surface area contributed by atoms with Crippen LogP contribution in [0.1, 0.15) is 23.6 Å². The molecular weight excluding hydrogens is 320 g/mol. The number of hydrogen-bond donors (Lipinski definition) is 1. The quantitative estimate of drug-likeness (QED) is 0.616. The molecule has 0 aliphatic carbocycles. The lowest BCUT2D eigenvalue weighted by molar-refractivity contribution is 0.171. The minimum absolute atomic E-state index is 0.462. The summed E-state index contributed by atoms with van der Waals surface area (Å²) in [6, 6.07) is 13.5. The number of ether oxygens (including phenoxy) is 3. The maximum Gasteiger partial charge on any atom is 0.427 e. The van der Waals surface area contributed by atoms with Crippen molar-refractivity contribution in [3.8, 4) is 11.5 Å². The highest BCUT2D eigenvalue weighted by Gasteiger charge is 2.07. The van der Waals surface area contributed by atoms with Crippen LogP contribution in [-0.2, 0) is 11.3 Å². The second kappa shape index (κ2) is 9.32. The summed E-state index contributed by atoms with van der Waals surface area (Å²) in [7, 11) is 1.28. The van der Waals surface area contributed by atoms with E-state index in [9.17, 15) is 4.79 Å². The van der Waals surface area contributed by atoms with E-state index in [1.807, 2.05) is 37.3 Å². The first-order valence-corrected chi connectivity index (χ1v) is 7.95. The minimum atomic E-state index is -0.625. The van der Waals surface area contributed by atoms with Gasteiger partial charge in [0.15, 0.2) is 11.5 Å². The molecular formula is C19H22N2O4. The van der Waals surface area contributed by atoms with Crippen molar-refractivity contribution < 1.29 is 19.0 Å². The number of carbonyl (C=O) groups is 1. The van der Waals surface area contributed by atoms with Gasteiger partial charge in [0, 0.05) is 0 Å². The summed E-state index contributed by atoms with van der Waals surface area (Å²) < 4.78 is 16.0. The van der Waals surface area contributed by atoms with E-state index in [0.717, 1.165) is 11.1 Å². The Morgan fingerprint density at radius 1 is 1.16 bits per heavy atom. The zero-order chi connectivity index (χ0) is 18.1. The molecule has 6 nitrogen and oxygen atoms in total. The number of methoxy groups -OCH3 is 1. The molecule has 0 spiro atoms. The molecule has 0 fully saturated rings. The number of aryl methyl sites for hydroxylation is 1. The third-order valence-corrected chi connectivity index (χ3v) is 3.47. The Labute approximate surface area is 147 Å². The molecule has 2 aromatic rings. The van der Waals surface area contributed by atoms with E-state index in [1.165, 1.54) is 18.9 Å². The van der Waals surface area contributed by atoms with Gasteiger partial charge < -0.3 is 14.2 Å². The summed E-state index contributed by atoms with van der Waals surface area (Å²) in [6.07, 6.45) is 0.879. The van der Waals surface area contributed by atoms with Gasteiger partial charge in [-0.25, -0.2) is 10.2 Å². The van der Waals surface area contributed by atoms with Crippen LogP contribution in [0, 0.1) is 6.92 Å². The standard InChI is InChI=1S/C19H22N2O4/c1-4-24-18-11-15(12-20-21-19(22)23-3)9-10-17(18)25-13-16-8-6-5-7-14(16)2/h5-12H,4,13H2,1-3H3,(H,21,22)/b20-12+. The van der Waals surface area contributed by atoms with Gasteiger partial charge in [0.2, 0.25) is 0 Å². The number of nitrogens with one attached hydrogen (secondary N) is 1. The third-order valence-electron chi connectivity index (χ3n) is 3.47. The number of hydrogen-bond acceptors (Lipinski definition) is 5. The van der Waals surface area contributed by atoms with Crippen molar-refractivity contribution >= 4 is 12.3 Å². The lowest BCUT2D eigenvalue weighted by Gasteiger charge is -2.13. The normalized spacial score (nSPS) is 10.5. The van der Waals surface area contributed by atoms with Crippen molar-refractivity contribution in [2.75, 3.05) is 13.7 Å². The molecule has 0 aliphatic rings. The highest BCUT2D eigenvalue weighted by Crippen LogP contribution is 2.29. The van der Waals surface area contributed by atoms with Gasteiger partial charge in [0.1, 0.15) is 6.61 Å². The van der Waals surface area contributed by atoms with Gasteiger partial charge in [-0.3, -0.25) is 0 Å². The second-order valence-electron chi connectivity index (χ2n) is 5.22. The van der Waals surface area contributed by atoms with E-state index in [2.05, 4.69) is 28.3 Å². The van der Waals surface area contributed by atoms with Crippen LogP contribution in [0.5, 0.6) is 11.5 Å². The molecule has 2 rings (SSSR count). The Bertz CT molecular complexity index is 744. The minimum Gasteiger partial charge on any atom is -0.490 e. The van der Waals surface area contributed by atoms with Gasteiger partial charge >= 0.3 is 6.09 Å². The van der Waals surface area contributed by atoms with Crippen LogP contribution in [0.4, 0.5) is 4.79 Å². The maximum absolute atomic E-state index is 11.0. The zero-order valence-corrected chi connectivity index (χ0v) is 14.6. The van der Waals surface area contributed by atoms with E-state index in [1.54, 1.807) is 6.07 Å². The van der Waals surface area contributed by atoms with Crippen LogP contribution >= 0.6 is 0 Å². The highest BCUT2D eigenvalue weighted by atomic mass is 16.5. The third kappa shape index (κ3) is 5.53. The van der Waals surface area contributed by atoms with E-state index < -0.39 is 6.09 Å². The molecule has 25 heavy (non-hydrogen) atoms. The summed E-state index contributed by atoms with van der Waals surface area (Å²) in [5.74, 6) is 1.28. The van der Waals surface area contributed by atoms with Crippen molar-refractivity contribution in [1.29, 1.82) is 0 Å². The number of hydrazone groups is 1. The lowest BCUT2D eigenvalue weighted by Crippen LogP contribution is -2.16. The fourth-order valence-electron chi connectivity index (χ4n) is 2.13. The van der Waals surface area contributed by atoms with Crippen molar-refractivity contribution in [3.05, 3.63) is 59.2 Å². The molecule has 0 atom stereocenters. The molecule has 0 aliphatic heterocycles. The van der Waals surface area contributed by atoms with E-state index in [-0.39, 0.29) is 0 Å². The van der Waals surface area contributed by atoms with E-state index >= 15 is 0 Å². The Kier molecular flexibility index (Phi) is 6.83. The molecule has 2 aromatic carbocycles. The summed E-state index contributed by atoms with van der Waals surface area (Å²) in [4.78, 5) is 11.0. The summed E-state index contributed by atoms with van der Waals surface area (Å²) in [5.41, 5.74) is 5.30. The van der Waals surface area contributed by atoms with Gasteiger partial charge in [-0.05, 0) is 48.7 Å². The smallest absolute Gasteiger partial charge is 0.427 e. The maximum atomic E-state index is 11.0. The molecule has 0 unspecified atom stereocenters. The number of rotatable bonds is 7. The molecule has 0 heterocycles. The van der Waals surface area contributed by atoms with Gasteiger partial charge in [0.05, 0.1) is 19.9 Å². The van der Waals surface area contributed by atoms with Crippen LogP contribution in [0.3, 0.4) is 0 Å². The molecule has 6 heteroatoms. The number of carbonyl (C=O) groups excluding carboxylic acids is 1. The predicted molar refractivity (Wildman–Crippen MR) is 96.3 cm³/mol. The van der Waals surface area contributed by atoms with Crippen molar-refractivity contribution in [3.63, 3.8) is 0 Å². The Hall–Kier alpha value is -3.02. The monoisotopic (exact) mass is 342 g/mol. The highest BCUT2D eigenvalue weighted by molar-refractivity contribution is 5.82. The first-order chi connectivity index (χ1) is 12.1. The predicted octanol–water partition coefficient (Wildman–Crippen LogP) is 3.66. The van der Waals surface area contributed by atoms with Crippen molar-refractivity contribution in [1.82, 2.24) is 5.43 Å². The molecule has 132 valence electrons. The van der Waals surface area contributed by atoms with Crippen LogP contribution in [0.2, 0.25) is 0 Å². The topological polar surface area (TPSA) is 69.2 Å².